The van der Waals surface area contributed by atoms with Crippen molar-refractivity contribution in [3.63, 3.8) is 0 Å². The molecule has 0 aliphatic heterocycles. The van der Waals surface area contributed by atoms with Gasteiger partial charge in [-0.2, -0.15) is 13.2 Å². The number of hydrogen-bond acceptors (Lipinski definition) is 4. The molecule has 0 radical (unpaired) electrons. The molecule has 12 heavy (non-hydrogen) atoms. The van der Waals surface area contributed by atoms with Crippen molar-refractivity contribution in [2.75, 3.05) is 13.2 Å². The summed E-state index contributed by atoms with van der Waals surface area (Å²) in [4.78, 5) is 0. The van der Waals surface area contributed by atoms with Gasteiger partial charge in [-0.05, 0) is 0 Å². The lowest BCUT2D eigenvalue weighted by Gasteiger charge is -2.31. The highest BCUT2D eigenvalue weighted by Crippen LogP contribution is 2.32. The maximum absolute atomic E-state index is 11.9. The zero-order valence-corrected chi connectivity index (χ0v) is 5.91. The van der Waals surface area contributed by atoms with Gasteiger partial charge in [-0.15, -0.1) is 0 Å². The molecule has 0 fully saturated rings. The van der Waals surface area contributed by atoms with Gasteiger partial charge in [-0.25, -0.2) is 0 Å². The molecule has 4 N–H and O–H groups in total. The number of aliphatic hydroxyl groups is 4. The van der Waals surface area contributed by atoms with Gasteiger partial charge in [-0.1, -0.05) is 0 Å². The van der Waals surface area contributed by atoms with E-state index in [9.17, 15) is 13.2 Å². The minimum absolute atomic E-state index is 1.28. The molecule has 0 rings (SSSR count). The second kappa shape index (κ2) is 3.56. The molecule has 0 spiro atoms. The lowest BCUT2D eigenvalue weighted by atomic mass is 9.98. The Labute approximate surface area is 65.9 Å². The van der Waals surface area contributed by atoms with E-state index in [-0.39, 0.29) is 0 Å². The molecule has 0 aromatic heterocycles. The summed E-state index contributed by atoms with van der Waals surface area (Å²) in [5.74, 6) is 0. The minimum atomic E-state index is -5.18. The molecule has 4 nitrogen and oxygen atoms in total. The van der Waals surface area contributed by atoms with Crippen LogP contribution in [0.5, 0.6) is 0 Å². The zero-order valence-electron chi connectivity index (χ0n) is 5.91. The van der Waals surface area contributed by atoms with Crippen molar-refractivity contribution >= 4 is 0 Å². The van der Waals surface area contributed by atoms with E-state index in [4.69, 9.17) is 20.4 Å². The van der Waals surface area contributed by atoms with Crippen LogP contribution in [0, 0.1) is 0 Å². The van der Waals surface area contributed by atoms with Crippen LogP contribution in [0.1, 0.15) is 0 Å². The van der Waals surface area contributed by atoms with Crippen LogP contribution in [0.15, 0.2) is 0 Å². The predicted molar refractivity (Wildman–Crippen MR) is 31.2 cm³/mol. The molecule has 0 aliphatic rings. The van der Waals surface area contributed by atoms with Crippen molar-refractivity contribution < 1.29 is 33.6 Å². The summed E-state index contributed by atoms with van der Waals surface area (Å²) < 4.78 is 35.6. The summed E-state index contributed by atoms with van der Waals surface area (Å²) in [7, 11) is 0. The minimum Gasteiger partial charge on any atom is -0.394 e. The number of alkyl halides is 3. The van der Waals surface area contributed by atoms with Gasteiger partial charge < -0.3 is 20.4 Å². The van der Waals surface area contributed by atoms with Crippen molar-refractivity contribution in [3.8, 4) is 0 Å². The van der Waals surface area contributed by atoms with Gasteiger partial charge in [0.05, 0.1) is 13.2 Å². The molecular formula is C5H9F3O4. The molecule has 0 saturated heterocycles. The smallest absolute Gasteiger partial charge is 0.394 e. The Bertz CT molecular complexity index is 148. The second-order valence-corrected chi connectivity index (χ2v) is 2.28. The van der Waals surface area contributed by atoms with E-state index in [0.717, 1.165) is 0 Å². The third-order valence-electron chi connectivity index (χ3n) is 1.46. The quantitative estimate of drug-likeness (QED) is 0.442. The van der Waals surface area contributed by atoms with Gasteiger partial charge in [0.2, 0.25) is 5.60 Å². The van der Waals surface area contributed by atoms with Crippen molar-refractivity contribution in [1.82, 2.24) is 0 Å². The Morgan fingerprint density at radius 2 is 1.58 bits per heavy atom. The van der Waals surface area contributed by atoms with E-state index in [2.05, 4.69) is 0 Å². The SMILES string of the molecule is OC[C@@H](O)[C@](O)(CO)C(F)(F)F. The van der Waals surface area contributed by atoms with Gasteiger partial charge in [-0.3, -0.25) is 0 Å². The summed E-state index contributed by atoms with van der Waals surface area (Å²) in [6, 6.07) is 0. The monoisotopic (exact) mass is 190 g/mol. The van der Waals surface area contributed by atoms with E-state index in [0.29, 0.717) is 0 Å². The number of hydrogen-bond donors (Lipinski definition) is 4. The van der Waals surface area contributed by atoms with Crippen molar-refractivity contribution in [2.24, 2.45) is 0 Å². The van der Waals surface area contributed by atoms with Gasteiger partial charge in [0.25, 0.3) is 0 Å². The molecule has 2 atom stereocenters. The Kier molecular flexibility index (Phi) is 3.45. The fourth-order valence-electron chi connectivity index (χ4n) is 0.535. The van der Waals surface area contributed by atoms with Crippen LogP contribution in [0.25, 0.3) is 0 Å². The molecule has 0 bridgehead atoms. The van der Waals surface area contributed by atoms with E-state index in [1.807, 2.05) is 0 Å². The fraction of sp³-hybridized carbons (Fsp3) is 1.00. The van der Waals surface area contributed by atoms with Crippen molar-refractivity contribution in [2.45, 2.75) is 17.9 Å². The first kappa shape index (κ1) is 11.6. The topological polar surface area (TPSA) is 80.9 Å². The summed E-state index contributed by atoms with van der Waals surface area (Å²) >= 11 is 0. The number of aliphatic hydroxyl groups excluding tert-OH is 3. The van der Waals surface area contributed by atoms with Crippen LogP contribution in [-0.2, 0) is 0 Å². The highest BCUT2D eigenvalue weighted by molar-refractivity contribution is 4.92. The molecule has 0 aromatic rings. The average Bonchev–Trinajstić information content (AvgIpc) is 1.99. The molecule has 0 amide bonds. The predicted octanol–water partition coefficient (Wildman–Crippen LogP) is -1.37. The van der Waals surface area contributed by atoms with Crippen molar-refractivity contribution in [3.05, 3.63) is 0 Å². The van der Waals surface area contributed by atoms with Crippen LogP contribution in [0.2, 0.25) is 0 Å². The average molecular weight is 190 g/mol. The number of halogens is 3. The Balaban J connectivity index is 4.67. The summed E-state index contributed by atoms with van der Waals surface area (Å²) in [6.45, 7) is -2.98. The first-order chi connectivity index (χ1) is 5.29. The summed E-state index contributed by atoms with van der Waals surface area (Å²) in [6.07, 6.45) is -7.62. The highest BCUT2D eigenvalue weighted by atomic mass is 19.4. The Hall–Kier alpha value is -0.370. The van der Waals surface area contributed by atoms with Crippen LogP contribution >= 0.6 is 0 Å². The van der Waals surface area contributed by atoms with Crippen LogP contribution in [0.3, 0.4) is 0 Å². The molecule has 74 valence electrons. The molecular weight excluding hydrogens is 181 g/mol. The normalized spacial score (nSPS) is 20.2. The van der Waals surface area contributed by atoms with E-state index < -0.39 is 31.1 Å². The second-order valence-electron chi connectivity index (χ2n) is 2.28. The first-order valence-corrected chi connectivity index (χ1v) is 2.98. The van der Waals surface area contributed by atoms with Crippen LogP contribution < -0.4 is 0 Å². The molecule has 0 heterocycles. The third kappa shape index (κ3) is 1.86. The van der Waals surface area contributed by atoms with Gasteiger partial charge >= 0.3 is 6.18 Å². The summed E-state index contributed by atoms with van der Waals surface area (Å²) in [5.41, 5.74) is -3.65. The number of rotatable bonds is 3. The third-order valence-corrected chi connectivity index (χ3v) is 1.46. The largest absolute Gasteiger partial charge is 0.422 e. The highest BCUT2D eigenvalue weighted by Gasteiger charge is 2.58. The van der Waals surface area contributed by atoms with Crippen LogP contribution in [-0.4, -0.2) is 51.5 Å². The molecule has 7 heteroatoms. The fourth-order valence-corrected chi connectivity index (χ4v) is 0.535. The van der Waals surface area contributed by atoms with Gasteiger partial charge in [0.15, 0.2) is 0 Å². The Morgan fingerprint density at radius 3 is 1.67 bits per heavy atom. The Morgan fingerprint density at radius 1 is 1.17 bits per heavy atom. The van der Waals surface area contributed by atoms with Crippen LogP contribution in [0.4, 0.5) is 13.2 Å². The standard InChI is InChI=1S/C5H9F3O4/c6-5(7,8)4(12,2-10)3(11)1-9/h3,9-12H,1-2H2/t3-,4-/m1/s1. The lowest BCUT2D eigenvalue weighted by Crippen LogP contribution is -2.58. The molecule has 0 unspecified atom stereocenters. The lowest BCUT2D eigenvalue weighted by molar-refractivity contribution is -0.303. The van der Waals surface area contributed by atoms with Crippen molar-refractivity contribution in [1.29, 1.82) is 0 Å². The molecule has 0 aliphatic carbocycles. The zero-order chi connectivity index (χ0) is 9.99. The first-order valence-electron chi connectivity index (χ1n) is 2.98. The summed E-state index contributed by atoms with van der Waals surface area (Å²) in [5, 5.41) is 33.5. The van der Waals surface area contributed by atoms with Gasteiger partial charge in [0.1, 0.15) is 6.10 Å². The van der Waals surface area contributed by atoms with E-state index in [1.54, 1.807) is 0 Å². The van der Waals surface area contributed by atoms with E-state index >= 15 is 0 Å². The van der Waals surface area contributed by atoms with Gasteiger partial charge in [0, 0.05) is 0 Å². The van der Waals surface area contributed by atoms with E-state index in [1.165, 1.54) is 0 Å². The maximum Gasteiger partial charge on any atom is 0.422 e. The maximum atomic E-state index is 11.9. The molecule has 0 aromatic carbocycles. The molecule has 0 saturated carbocycles.